The molecule has 1 saturated carbocycles. The van der Waals surface area contributed by atoms with E-state index in [1.165, 1.54) is 0 Å². The molecule has 3 rings (SSSR count). The number of aryl methyl sites for hydroxylation is 1. The van der Waals surface area contributed by atoms with E-state index in [0.29, 0.717) is 23.3 Å². The first-order valence-corrected chi connectivity index (χ1v) is 7.90. The molecule has 2 aliphatic rings. The number of thiocarbonyl (C=S) groups is 1. The molecule has 1 fully saturated rings. The van der Waals surface area contributed by atoms with Gasteiger partial charge in [0.1, 0.15) is 0 Å². The quantitative estimate of drug-likeness (QED) is 0.672. The maximum absolute atomic E-state index is 12.5. The summed E-state index contributed by atoms with van der Waals surface area (Å²) in [6.07, 6.45) is 5.85. The van der Waals surface area contributed by atoms with Gasteiger partial charge in [-0.2, -0.15) is 5.10 Å². The van der Waals surface area contributed by atoms with Gasteiger partial charge in [0.15, 0.2) is 5.11 Å². The number of carbonyl (C=O) groups is 1. The van der Waals surface area contributed by atoms with Crippen LogP contribution in [0.1, 0.15) is 38.3 Å². The van der Waals surface area contributed by atoms with Crippen LogP contribution in [-0.4, -0.2) is 38.4 Å². The van der Waals surface area contributed by atoms with E-state index >= 15 is 0 Å². The molecule has 118 valence electrons. The Balaban J connectivity index is 2.04. The summed E-state index contributed by atoms with van der Waals surface area (Å²) < 4.78 is 6.97. The molecule has 1 atom stereocenters. The molecule has 0 aromatic carbocycles. The van der Waals surface area contributed by atoms with Crippen molar-refractivity contribution in [1.29, 1.82) is 0 Å². The van der Waals surface area contributed by atoms with E-state index in [2.05, 4.69) is 15.3 Å². The van der Waals surface area contributed by atoms with Crippen LogP contribution in [0.4, 0.5) is 0 Å². The molecule has 1 N–H and O–H groups in total. The van der Waals surface area contributed by atoms with E-state index in [1.54, 1.807) is 10.9 Å². The largest absolute Gasteiger partial charge is 0.463 e. The highest BCUT2D eigenvalue weighted by Gasteiger charge is 2.41. The van der Waals surface area contributed by atoms with Gasteiger partial charge in [-0.05, 0) is 38.9 Å². The highest BCUT2D eigenvalue weighted by atomic mass is 32.1. The van der Waals surface area contributed by atoms with Gasteiger partial charge in [0.2, 0.25) is 0 Å². The van der Waals surface area contributed by atoms with Crippen LogP contribution < -0.4 is 5.32 Å². The fourth-order valence-electron chi connectivity index (χ4n) is 2.84. The lowest BCUT2D eigenvalue weighted by molar-refractivity contribution is -0.139. The Labute approximate surface area is 135 Å². The van der Waals surface area contributed by atoms with Crippen molar-refractivity contribution < 1.29 is 9.53 Å². The van der Waals surface area contributed by atoms with E-state index in [4.69, 9.17) is 17.0 Å². The van der Waals surface area contributed by atoms with Crippen molar-refractivity contribution in [2.24, 2.45) is 7.05 Å². The van der Waals surface area contributed by atoms with Crippen LogP contribution in [0.5, 0.6) is 0 Å². The highest BCUT2D eigenvalue weighted by Crippen LogP contribution is 2.37. The molecule has 1 aliphatic heterocycles. The third-order valence-electron chi connectivity index (χ3n) is 3.99. The molecule has 22 heavy (non-hydrogen) atoms. The van der Waals surface area contributed by atoms with Crippen LogP contribution in [0.15, 0.2) is 23.7 Å². The van der Waals surface area contributed by atoms with Gasteiger partial charge in [-0.15, -0.1) is 0 Å². The lowest BCUT2D eigenvalue weighted by Crippen LogP contribution is -2.48. The maximum atomic E-state index is 12.5. The number of esters is 1. The second kappa shape index (κ2) is 5.72. The average molecular weight is 320 g/mol. The minimum absolute atomic E-state index is 0.297. The molecule has 7 heteroatoms. The number of allylic oxidation sites excluding steroid dienone is 1. The van der Waals surface area contributed by atoms with E-state index in [-0.39, 0.29) is 12.0 Å². The van der Waals surface area contributed by atoms with Crippen molar-refractivity contribution in [2.75, 3.05) is 6.61 Å². The Bertz CT molecular complexity index is 648. The van der Waals surface area contributed by atoms with Crippen molar-refractivity contribution in [3.63, 3.8) is 0 Å². The predicted octanol–water partition coefficient (Wildman–Crippen LogP) is 1.65. The number of aromatic nitrogens is 2. The number of hydrogen-bond acceptors (Lipinski definition) is 4. The molecule has 0 saturated heterocycles. The molecule has 0 amide bonds. The predicted molar refractivity (Wildman–Crippen MR) is 85.9 cm³/mol. The number of nitrogens with one attached hydrogen (secondary N) is 1. The lowest BCUT2D eigenvalue weighted by atomic mass is 9.97. The van der Waals surface area contributed by atoms with Crippen LogP contribution in [0, 0.1) is 0 Å². The summed E-state index contributed by atoms with van der Waals surface area (Å²) >= 11 is 5.51. The van der Waals surface area contributed by atoms with E-state index in [0.717, 1.165) is 24.1 Å². The van der Waals surface area contributed by atoms with Crippen LogP contribution >= 0.6 is 12.2 Å². The van der Waals surface area contributed by atoms with Crippen molar-refractivity contribution in [2.45, 2.75) is 38.8 Å². The zero-order valence-electron chi connectivity index (χ0n) is 13.0. The van der Waals surface area contributed by atoms with Gasteiger partial charge in [-0.3, -0.25) is 4.68 Å². The van der Waals surface area contributed by atoms with Crippen molar-refractivity contribution in [3.05, 3.63) is 29.2 Å². The summed E-state index contributed by atoms with van der Waals surface area (Å²) in [7, 11) is 1.85. The van der Waals surface area contributed by atoms with Gasteiger partial charge < -0.3 is 15.0 Å². The molecule has 1 aliphatic carbocycles. The van der Waals surface area contributed by atoms with Crippen molar-refractivity contribution in [3.8, 4) is 0 Å². The fraction of sp³-hybridized carbons (Fsp3) is 0.533. The minimum atomic E-state index is -0.310. The van der Waals surface area contributed by atoms with Gasteiger partial charge in [0.05, 0.1) is 24.4 Å². The first-order chi connectivity index (χ1) is 10.5. The standard InChI is InChI=1S/C15H20N4O2S/c1-4-21-14(20)12-9(2)19(11-5-6-11)15(22)17-13(12)10-7-16-18(3)8-10/h7-8,11,13H,4-6H2,1-3H3,(H,17,22). The monoisotopic (exact) mass is 320 g/mol. The summed E-state index contributed by atoms with van der Waals surface area (Å²) in [5.74, 6) is -0.297. The molecule has 0 radical (unpaired) electrons. The molecule has 1 aromatic heterocycles. The van der Waals surface area contributed by atoms with Gasteiger partial charge in [-0.1, -0.05) is 0 Å². The number of ether oxygens (including phenoxy) is 1. The van der Waals surface area contributed by atoms with Crippen molar-refractivity contribution in [1.82, 2.24) is 20.0 Å². The first kappa shape index (κ1) is 15.0. The van der Waals surface area contributed by atoms with E-state index in [1.807, 2.05) is 27.1 Å². The number of rotatable bonds is 4. The Morgan fingerprint density at radius 3 is 2.82 bits per heavy atom. The topological polar surface area (TPSA) is 59.4 Å². The normalized spacial score (nSPS) is 21.9. The lowest BCUT2D eigenvalue weighted by Gasteiger charge is -2.37. The van der Waals surface area contributed by atoms with Gasteiger partial charge in [0.25, 0.3) is 0 Å². The Morgan fingerprint density at radius 1 is 1.55 bits per heavy atom. The molecule has 2 heterocycles. The van der Waals surface area contributed by atoms with E-state index in [9.17, 15) is 4.79 Å². The second-order valence-corrected chi connectivity index (χ2v) is 6.04. The molecule has 1 unspecified atom stereocenters. The molecule has 0 bridgehead atoms. The Morgan fingerprint density at radius 2 is 2.27 bits per heavy atom. The van der Waals surface area contributed by atoms with Crippen LogP contribution in [0.25, 0.3) is 0 Å². The molecule has 1 aromatic rings. The molecule has 6 nitrogen and oxygen atoms in total. The number of nitrogens with zero attached hydrogens (tertiary/aromatic N) is 3. The first-order valence-electron chi connectivity index (χ1n) is 7.49. The van der Waals surface area contributed by atoms with Crippen LogP contribution in [0.3, 0.4) is 0 Å². The maximum Gasteiger partial charge on any atom is 0.338 e. The van der Waals surface area contributed by atoms with Crippen LogP contribution in [0.2, 0.25) is 0 Å². The zero-order chi connectivity index (χ0) is 15.9. The fourth-order valence-corrected chi connectivity index (χ4v) is 3.25. The third kappa shape index (κ3) is 2.61. The number of carbonyl (C=O) groups excluding carboxylic acids is 1. The van der Waals surface area contributed by atoms with Crippen molar-refractivity contribution >= 4 is 23.3 Å². The number of hydrogen-bond donors (Lipinski definition) is 1. The minimum Gasteiger partial charge on any atom is -0.463 e. The Hall–Kier alpha value is -1.89. The average Bonchev–Trinajstić information content (AvgIpc) is 3.19. The summed E-state index contributed by atoms with van der Waals surface area (Å²) in [5.41, 5.74) is 2.41. The molecular weight excluding hydrogens is 300 g/mol. The third-order valence-corrected chi connectivity index (χ3v) is 4.31. The van der Waals surface area contributed by atoms with Gasteiger partial charge >= 0.3 is 5.97 Å². The Kier molecular flexibility index (Phi) is 3.90. The smallest absolute Gasteiger partial charge is 0.338 e. The summed E-state index contributed by atoms with van der Waals surface area (Å²) in [4.78, 5) is 14.5. The summed E-state index contributed by atoms with van der Waals surface area (Å²) in [6, 6.07) is 0.0922. The zero-order valence-corrected chi connectivity index (χ0v) is 13.8. The SMILES string of the molecule is CCOC(=O)C1=C(C)N(C2CC2)C(=S)NC1c1cnn(C)c1. The van der Waals surface area contributed by atoms with Gasteiger partial charge in [-0.25, -0.2) is 4.79 Å². The van der Waals surface area contributed by atoms with Crippen LogP contribution in [-0.2, 0) is 16.6 Å². The molecule has 0 spiro atoms. The van der Waals surface area contributed by atoms with E-state index < -0.39 is 0 Å². The molecular formula is C15H20N4O2S. The highest BCUT2D eigenvalue weighted by molar-refractivity contribution is 7.80. The summed E-state index contributed by atoms with van der Waals surface area (Å²) in [6.45, 7) is 4.11. The summed E-state index contributed by atoms with van der Waals surface area (Å²) in [5, 5.41) is 8.14. The van der Waals surface area contributed by atoms with Gasteiger partial charge in [0, 0.05) is 30.5 Å². The second-order valence-electron chi connectivity index (χ2n) is 5.65.